The van der Waals surface area contributed by atoms with Crippen molar-refractivity contribution in [3.05, 3.63) is 0 Å². The van der Waals surface area contributed by atoms with Crippen LogP contribution in [0.4, 0.5) is 0 Å². The lowest BCUT2D eigenvalue weighted by Gasteiger charge is -2.25. The molecule has 0 saturated carbocycles. The molecular weight excluding hydrogens is 154 g/mol. The van der Waals surface area contributed by atoms with Gasteiger partial charge in [-0.05, 0) is 6.92 Å². The number of nitrogens with zero attached hydrogens (tertiary/aromatic N) is 1. The Balaban J connectivity index is 2.82. The Kier molecular flexibility index (Phi) is 2.50. The predicted octanol–water partition coefficient (Wildman–Crippen LogP) is 0.832. The Bertz CT molecular complexity index is 191. The zero-order valence-corrected chi connectivity index (χ0v) is 7.83. The van der Waals surface area contributed by atoms with Crippen molar-refractivity contribution in [2.45, 2.75) is 32.7 Å². The quantitative estimate of drug-likeness (QED) is 0.538. The van der Waals surface area contributed by atoms with Crippen molar-refractivity contribution in [1.29, 1.82) is 0 Å². The number of Topliss-reactive ketones (excluding diaryl/α,β-unsaturated/α-hetero) is 1. The monoisotopic (exact) mass is 169 g/mol. The van der Waals surface area contributed by atoms with Gasteiger partial charge >= 0.3 is 0 Å². The highest BCUT2D eigenvalue weighted by atomic mass is 16.2. The highest BCUT2D eigenvalue weighted by molar-refractivity contribution is 5.89. The fourth-order valence-electron chi connectivity index (χ4n) is 1.47. The summed E-state index contributed by atoms with van der Waals surface area (Å²) >= 11 is 0. The molecule has 1 aliphatic heterocycles. The number of hydrogen-bond donors (Lipinski definition) is 0. The SMILES string of the molecule is CC1C(=O)CCC(=O)N(C)C1C. The van der Waals surface area contributed by atoms with Crippen molar-refractivity contribution in [2.24, 2.45) is 5.92 Å². The lowest BCUT2D eigenvalue weighted by Crippen LogP contribution is -2.38. The Morgan fingerprint density at radius 3 is 2.42 bits per heavy atom. The van der Waals surface area contributed by atoms with Crippen LogP contribution < -0.4 is 0 Å². The molecule has 1 heterocycles. The minimum Gasteiger partial charge on any atom is -0.342 e. The molecule has 3 heteroatoms. The number of hydrogen-bond acceptors (Lipinski definition) is 2. The van der Waals surface area contributed by atoms with Gasteiger partial charge in [-0.2, -0.15) is 0 Å². The van der Waals surface area contributed by atoms with Crippen molar-refractivity contribution in [1.82, 2.24) is 4.90 Å². The predicted molar refractivity (Wildman–Crippen MR) is 45.6 cm³/mol. The van der Waals surface area contributed by atoms with Gasteiger partial charge in [-0.3, -0.25) is 9.59 Å². The molecule has 1 saturated heterocycles. The van der Waals surface area contributed by atoms with E-state index in [4.69, 9.17) is 0 Å². The lowest BCUT2D eigenvalue weighted by molar-refractivity contribution is -0.131. The first-order valence-corrected chi connectivity index (χ1v) is 4.32. The first kappa shape index (κ1) is 9.23. The fourth-order valence-corrected chi connectivity index (χ4v) is 1.47. The molecule has 0 aromatic heterocycles. The van der Waals surface area contributed by atoms with Crippen LogP contribution in [-0.4, -0.2) is 29.7 Å². The zero-order chi connectivity index (χ0) is 9.30. The van der Waals surface area contributed by atoms with Crippen LogP contribution in [0.5, 0.6) is 0 Å². The van der Waals surface area contributed by atoms with Gasteiger partial charge < -0.3 is 4.90 Å². The summed E-state index contributed by atoms with van der Waals surface area (Å²) in [4.78, 5) is 24.3. The Morgan fingerprint density at radius 2 is 1.83 bits per heavy atom. The largest absolute Gasteiger partial charge is 0.342 e. The van der Waals surface area contributed by atoms with E-state index in [0.717, 1.165) is 0 Å². The van der Waals surface area contributed by atoms with Crippen molar-refractivity contribution in [3.8, 4) is 0 Å². The number of ketones is 1. The third-order valence-electron chi connectivity index (χ3n) is 2.82. The molecule has 0 spiro atoms. The van der Waals surface area contributed by atoms with Crippen LogP contribution in [0.2, 0.25) is 0 Å². The molecular formula is C9H15NO2. The summed E-state index contributed by atoms with van der Waals surface area (Å²) in [5.41, 5.74) is 0. The summed E-state index contributed by atoms with van der Waals surface area (Å²) < 4.78 is 0. The normalized spacial score (nSPS) is 32.1. The highest BCUT2D eigenvalue weighted by Crippen LogP contribution is 2.18. The zero-order valence-electron chi connectivity index (χ0n) is 7.83. The number of amides is 1. The Morgan fingerprint density at radius 1 is 1.25 bits per heavy atom. The summed E-state index contributed by atoms with van der Waals surface area (Å²) in [6.07, 6.45) is 0.790. The van der Waals surface area contributed by atoms with E-state index in [1.165, 1.54) is 0 Å². The molecule has 0 aliphatic carbocycles. The molecule has 1 fully saturated rings. The van der Waals surface area contributed by atoms with E-state index in [1.807, 2.05) is 13.8 Å². The molecule has 1 amide bonds. The van der Waals surface area contributed by atoms with Crippen LogP contribution in [0.15, 0.2) is 0 Å². The Hall–Kier alpha value is -0.860. The van der Waals surface area contributed by atoms with E-state index in [-0.39, 0.29) is 23.7 Å². The van der Waals surface area contributed by atoms with Gasteiger partial charge in [0.1, 0.15) is 5.78 Å². The van der Waals surface area contributed by atoms with Crippen LogP contribution in [0.3, 0.4) is 0 Å². The first-order chi connectivity index (χ1) is 5.54. The number of rotatable bonds is 0. The van der Waals surface area contributed by atoms with Crippen LogP contribution >= 0.6 is 0 Å². The van der Waals surface area contributed by atoms with Gasteiger partial charge in [0, 0.05) is 31.8 Å². The van der Waals surface area contributed by atoms with Gasteiger partial charge in [0.05, 0.1) is 0 Å². The molecule has 0 aromatic rings. The van der Waals surface area contributed by atoms with Gasteiger partial charge in [-0.15, -0.1) is 0 Å². The van der Waals surface area contributed by atoms with Gasteiger partial charge in [0.15, 0.2) is 0 Å². The molecule has 2 atom stereocenters. The summed E-state index contributed by atoms with van der Waals surface area (Å²) in [5, 5.41) is 0. The molecule has 2 unspecified atom stereocenters. The lowest BCUT2D eigenvalue weighted by atomic mass is 9.97. The summed E-state index contributed by atoms with van der Waals surface area (Å²) in [7, 11) is 1.77. The van der Waals surface area contributed by atoms with Crippen molar-refractivity contribution in [3.63, 3.8) is 0 Å². The Labute approximate surface area is 72.7 Å². The average molecular weight is 169 g/mol. The topological polar surface area (TPSA) is 37.4 Å². The average Bonchev–Trinajstić information content (AvgIpc) is 2.14. The molecule has 0 radical (unpaired) electrons. The minimum atomic E-state index is -0.0125. The van der Waals surface area contributed by atoms with Crippen molar-refractivity contribution < 1.29 is 9.59 Å². The summed E-state index contributed by atoms with van der Waals surface area (Å²) in [5.74, 6) is 0.279. The van der Waals surface area contributed by atoms with Crippen LogP contribution in [0.25, 0.3) is 0 Å². The third kappa shape index (κ3) is 1.49. The van der Waals surface area contributed by atoms with E-state index in [1.54, 1.807) is 11.9 Å². The maximum absolute atomic E-state index is 11.3. The molecule has 1 rings (SSSR count). The maximum atomic E-state index is 11.3. The standard InChI is InChI=1S/C9H15NO2/c1-6-7(2)10(3)9(12)5-4-8(6)11/h6-7H,4-5H2,1-3H3. The summed E-state index contributed by atoms with van der Waals surface area (Å²) in [6.45, 7) is 3.81. The molecule has 12 heavy (non-hydrogen) atoms. The van der Waals surface area contributed by atoms with Crippen LogP contribution in [-0.2, 0) is 9.59 Å². The van der Waals surface area contributed by atoms with Crippen LogP contribution in [0.1, 0.15) is 26.7 Å². The molecule has 0 aromatic carbocycles. The van der Waals surface area contributed by atoms with Gasteiger partial charge in [0.25, 0.3) is 0 Å². The van der Waals surface area contributed by atoms with Crippen molar-refractivity contribution in [2.75, 3.05) is 7.05 Å². The molecule has 0 bridgehead atoms. The summed E-state index contributed by atoms with van der Waals surface area (Å²) in [6, 6.07) is 0.0486. The second-order valence-corrected chi connectivity index (χ2v) is 3.50. The van der Waals surface area contributed by atoms with Gasteiger partial charge in [0.2, 0.25) is 5.91 Å². The fraction of sp³-hybridized carbons (Fsp3) is 0.778. The minimum absolute atomic E-state index is 0.0125. The maximum Gasteiger partial charge on any atom is 0.223 e. The second-order valence-electron chi connectivity index (χ2n) is 3.50. The van der Waals surface area contributed by atoms with E-state index in [2.05, 4.69) is 0 Å². The smallest absolute Gasteiger partial charge is 0.223 e. The number of carbonyl (C=O) groups excluding carboxylic acids is 2. The van der Waals surface area contributed by atoms with Crippen molar-refractivity contribution >= 4 is 11.7 Å². The highest BCUT2D eigenvalue weighted by Gasteiger charge is 2.29. The van der Waals surface area contributed by atoms with Gasteiger partial charge in [-0.1, -0.05) is 6.92 Å². The molecule has 3 nitrogen and oxygen atoms in total. The molecule has 1 aliphatic rings. The number of carbonyl (C=O) groups is 2. The third-order valence-corrected chi connectivity index (χ3v) is 2.82. The first-order valence-electron chi connectivity index (χ1n) is 4.32. The van der Waals surface area contributed by atoms with Crippen LogP contribution in [0, 0.1) is 5.92 Å². The van der Waals surface area contributed by atoms with E-state index >= 15 is 0 Å². The molecule has 68 valence electrons. The molecule has 0 N–H and O–H groups in total. The second kappa shape index (κ2) is 3.25. The van der Waals surface area contributed by atoms with E-state index in [0.29, 0.717) is 12.8 Å². The van der Waals surface area contributed by atoms with Gasteiger partial charge in [-0.25, -0.2) is 0 Å². The van der Waals surface area contributed by atoms with E-state index in [9.17, 15) is 9.59 Å². The number of likely N-dealkylation sites (tertiary alicyclic amines) is 1. The van der Waals surface area contributed by atoms with E-state index < -0.39 is 0 Å².